The Morgan fingerprint density at radius 1 is 1.00 bits per heavy atom. The lowest BCUT2D eigenvalue weighted by Crippen LogP contribution is -2.24. The molecule has 0 bridgehead atoms. The number of hydrogen-bond donors (Lipinski definition) is 1. The predicted octanol–water partition coefficient (Wildman–Crippen LogP) is 5.70. The summed E-state index contributed by atoms with van der Waals surface area (Å²) < 4.78 is 8.33. The van der Waals surface area contributed by atoms with Gasteiger partial charge in [0.05, 0.1) is 10.8 Å². The topological polar surface area (TPSA) is 55.6 Å². The monoisotopic (exact) mass is 487 g/mol. The van der Waals surface area contributed by atoms with Gasteiger partial charge in [0.25, 0.3) is 5.91 Å². The molecule has 0 radical (unpaired) electrons. The lowest BCUT2D eigenvalue weighted by atomic mass is 10.2. The molecule has 0 saturated carbocycles. The van der Waals surface area contributed by atoms with E-state index in [9.17, 15) is 4.79 Å². The molecule has 34 heavy (non-hydrogen) atoms. The molecule has 0 atom stereocenters. The number of carbonyl (C=O) groups is 1. The van der Waals surface area contributed by atoms with E-state index in [0.29, 0.717) is 10.3 Å². The van der Waals surface area contributed by atoms with Crippen LogP contribution in [0, 0.1) is 0 Å². The van der Waals surface area contributed by atoms with E-state index in [1.807, 2.05) is 66.0 Å². The number of nitrogens with one attached hydrogen (secondary N) is 1. The number of benzene rings is 3. The number of fused-ring (bicyclic) bond motifs is 1. The van der Waals surface area contributed by atoms with Crippen molar-refractivity contribution in [2.75, 3.05) is 18.1 Å². The molecular weight excluding hydrogens is 462 g/mol. The average molecular weight is 488 g/mol. The van der Waals surface area contributed by atoms with Gasteiger partial charge in [0.1, 0.15) is 5.75 Å². The first-order valence-corrected chi connectivity index (χ1v) is 13.3. The molecule has 2 heterocycles. The van der Waals surface area contributed by atoms with Crippen molar-refractivity contribution in [3.63, 3.8) is 0 Å². The van der Waals surface area contributed by atoms with Crippen LogP contribution in [0.3, 0.4) is 0 Å². The zero-order chi connectivity index (χ0) is 23.2. The van der Waals surface area contributed by atoms with E-state index in [1.54, 1.807) is 6.21 Å². The molecule has 0 unspecified atom stereocenters. The van der Waals surface area contributed by atoms with Gasteiger partial charge in [-0.1, -0.05) is 60.7 Å². The molecule has 3 aromatic carbocycles. The van der Waals surface area contributed by atoms with Crippen molar-refractivity contribution in [2.45, 2.75) is 11.1 Å². The minimum atomic E-state index is -0.296. The van der Waals surface area contributed by atoms with Crippen LogP contribution >= 0.6 is 23.5 Å². The number of hydrogen-bond acceptors (Lipinski definition) is 5. The van der Waals surface area contributed by atoms with E-state index in [1.165, 1.54) is 22.6 Å². The Morgan fingerprint density at radius 3 is 2.53 bits per heavy atom. The van der Waals surface area contributed by atoms with Gasteiger partial charge in [0, 0.05) is 40.7 Å². The maximum absolute atomic E-state index is 12.2. The van der Waals surface area contributed by atoms with Crippen molar-refractivity contribution < 1.29 is 9.53 Å². The number of nitrogens with zero attached hydrogens (tertiary/aromatic N) is 2. The molecule has 1 aliphatic rings. The molecule has 1 saturated heterocycles. The lowest BCUT2D eigenvalue weighted by Gasteiger charge is -2.10. The summed E-state index contributed by atoms with van der Waals surface area (Å²) in [5, 5.41) is 5.26. The van der Waals surface area contributed by atoms with Crippen LogP contribution in [0.1, 0.15) is 21.3 Å². The standard InChI is InChI=1S/C27H25N3O2S2/c31-26(19-32-23-12-10-21(11-13-23)27-33-14-15-34-27)29-28-16-22-18-30(17-20-6-2-1-3-7-20)25-9-5-4-8-24(22)25/h1-13,16,18,27H,14-15,17,19H2,(H,29,31)/b28-16-. The summed E-state index contributed by atoms with van der Waals surface area (Å²) >= 11 is 3.94. The third-order valence-corrected chi connectivity index (χ3v) is 8.66. The van der Waals surface area contributed by atoms with Crippen molar-refractivity contribution in [2.24, 2.45) is 5.10 Å². The van der Waals surface area contributed by atoms with E-state index in [4.69, 9.17) is 4.74 Å². The summed E-state index contributed by atoms with van der Waals surface area (Å²) in [6.07, 6.45) is 3.75. The fourth-order valence-electron chi connectivity index (χ4n) is 3.92. The molecule has 1 fully saturated rings. The quantitative estimate of drug-likeness (QED) is 0.256. The molecule has 5 rings (SSSR count). The number of carbonyl (C=O) groups excluding carboxylic acids is 1. The molecule has 1 N–H and O–H groups in total. The maximum Gasteiger partial charge on any atom is 0.277 e. The lowest BCUT2D eigenvalue weighted by molar-refractivity contribution is -0.123. The molecular formula is C27H25N3O2S2. The number of ether oxygens (including phenoxy) is 1. The molecule has 0 aliphatic carbocycles. The van der Waals surface area contributed by atoms with Crippen LogP contribution in [0.2, 0.25) is 0 Å². The van der Waals surface area contributed by atoms with Crippen molar-refractivity contribution in [3.8, 4) is 5.75 Å². The summed E-state index contributed by atoms with van der Waals surface area (Å²) in [4.78, 5) is 12.2. The second-order valence-corrected chi connectivity index (χ2v) is 10.7. The Hall–Kier alpha value is -3.16. The predicted molar refractivity (Wildman–Crippen MR) is 143 cm³/mol. The van der Waals surface area contributed by atoms with Crippen LogP contribution in [-0.2, 0) is 11.3 Å². The number of aromatic nitrogens is 1. The van der Waals surface area contributed by atoms with E-state index < -0.39 is 0 Å². The zero-order valence-corrected chi connectivity index (χ0v) is 20.2. The van der Waals surface area contributed by atoms with Gasteiger partial charge in [0.2, 0.25) is 0 Å². The second-order valence-electron chi connectivity index (χ2n) is 7.94. The first kappa shape index (κ1) is 22.6. The molecule has 4 aromatic rings. The zero-order valence-electron chi connectivity index (χ0n) is 18.6. The molecule has 1 aromatic heterocycles. The highest BCUT2D eigenvalue weighted by Gasteiger charge is 2.18. The maximum atomic E-state index is 12.2. The van der Waals surface area contributed by atoms with Crippen molar-refractivity contribution in [3.05, 3.63) is 102 Å². The van der Waals surface area contributed by atoms with Gasteiger partial charge in [-0.15, -0.1) is 23.5 Å². The van der Waals surface area contributed by atoms with Gasteiger partial charge in [-0.2, -0.15) is 5.10 Å². The SMILES string of the molecule is O=C(COc1ccc(C2SCCS2)cc1)N/N=C\c1cn(Cc2ccccc2)c2ccccc12. The van der Waals surface area contributed by atoms with Gasteiger partial charge in [-0.3, -0.25) is 4.79 Å². The second kappa shape index (κ2) is 10.8. The van der Waals surface area contributed by atoms with Gasteiger partial charge >= 0.3 is 0 Å². The smallest absolute Gasteiger partial charge is 0.277 e. The highest BCUT2D eigenvalue weighted by Crippen LogP contribution is 2.45. The van der Waals surface area contributed by atoms with E-state index in [-0.39, 0.29) is 12.5 Å². The van der Waals surface area contributed by atoms with Crippen LogP contribution in [-0.4, -0.2) is 34.8 Å². The van der Waals surface area contributed by atoms with Crippen LogP contribution in [0.5, 0.6) is 5.75 Å². The molecule has 5 nitrogen and oxygen atoms in total. The summed E-state index contributed by atoms with van der Waals surface area (Å²) in [5.41, 5.74) is 7.17. The third-order valence-electron chi connectivity index (χ3n) is 5.55. The fraction of sp³-hybridized carbons (Fsp3) is 0.185. The number of para-hydroxylation sites is 1. The van der Waals surface area contributed by atoms with E-state index >= 15 is 0 Å². The van der Waals surface area contributed by atoms with Crippen molar-refractivity contribution in [1.29, 1.82) is 0 Å². The Bertz CT molecular complexity index is 1280. The van der Waals surface area contributed by atoms with Gasteiger partial charge in [-0.25, -0.2) is 5.43 Å². The summed E-state index contributed by atoms with van der Waals surface area (Å²) in [6, 6.07) is 26.5. The summed E-state index contributed by atoms with van der Waals surface area (Å²) in [6.45, 7) is 0.686. The van der Waals surface area contributed by atoms with E-state index in [2.05, 4.69) is 57.7 Å². The van der Waals surface area contributed by atoms with Crippen molar-refractivity contribution in [1.82, 2.24) is 9.99 Å². The number of amides is 1. The largest absolute Gasteiger partial charge is 0.484 e. The highest BCUT2D eigenvalue weighted by atomic mass is 32.2. The minimum absolute atomic E-state index is 0.0839. The highest BCUT2D eigenvalue weighted by molar-refractivity contribution is 8.19. The molecule has 1 aliphatic heterocycles. The normalized spacial score (nSPS) is 14.1. The van der Waals surface area contributed by atoms with Crippen LogP contribution in [0.15, 0.2) is 90.2 Å². The third kappa shape index (κ3) is 5.48. The average Bonchev–Trinajstić information content (AvgIpc) is 3.53. The number of hydrazone groups is 1. The number of thioether (sulfide) groups is 2. The van der Waals surface area contributed by atoms with Crippen molar-refractivity contribution >= 4 is 46.5 Å². The first-order valence-electron chi connectivity index (χ1n) is 11.2. The molecule has 172 valence electrons. The molecule has 7 heteroatoms. The minimum Gasteiger partial charge on any atom is -0.484 e. The van der Waals surface area contributed by atoms with Crippen LogP contribution in [0.25, 0.3) is 10.9 Å². The number of rotatable bonds is 8. The Balaban J connectivity index is 1.18. The molecule has 1 amide bonds. The Kier molecular flexibility index (Phi) is 7.22. The van der Waals surface area contributed by atoms with Crippen LogP contribution < -0.4 is 10.2 Å². The van der Waals surface area contributed by atoms with Gasteiger partial charge in [-0.05, 0) is 29.3 Å². The Labute approximate surface area is 207 Å². The fourth-order valence-corrected chi connectivity index (χ4v) is 6.78. The van der Waals surface area contributed by atoms with E-state index in [0.717, 1.165) is 23.0 Å². The van der Waals surface area contributed by atoms with Gasteiger partial charge in [0.15, 0.2) is 6.61 Å². The van der Waals surface area contributed by atoms with Gasteiger partial charge < -0.3 is 9.30 Å². The van der Waals surface area contributed by atoms with Crippen LogP contribution in [0.4, 0.5) is 0 Å². The molecule has 0 spiro atoms. The Morgan fingerprint density at radius 2 is 1.74 bits per heavy atom. The summed E-state index contributed by atoms with van der Waals surface area (Å²) in [5.74, 6) is 2.78. The summed E-state index contributed by atoms with van der Waals surface area (Å²) in [7, 11) is 0. The first-order chi connectivity index (χ1) is 16.8.